The molecule has 2 amide bonds. The van der Waals surface area contributed by atoms with Crippen LogP contribution >= 0.6 is 0 Å². The fourth-order valence-electron chi connectivity index (χ4n) is 1.61. The van der Waals surface area contributed by atoms with Gasteiger partial charge in [-0.1, -0.05) is 0 Å². The van der Waals surface area contributed by atoms with Gasteiger partial charge in [0.05, 0.1) is 5.69 Å². The molecule has 2 aromatic rings. The van der Waals surface area contributed by atoms with Crippen molar-refractivity contribution >= 4 is 17.5 Å². The number of rotatable bonds is 4. The van der Waals surface area contributed by atoms with Crippen LogP contribution in [-0.4, -0.2) is 11.8 Å². The van der Waals surface area contributed by atoms with Crippen molar-refractivity contribution in [3.8, 4) is 11.5 Å². The lowest BCUT2D eigenvalue weighted by molar-refractivity contribution is 0.0992. The van der Waals surface area contributed by atoms with Gasteiger partial charge in [-0.25, -0.2) is 0 Å². The molecule has 6 N–H and O–H groups in total. The predicted molar refractivity (Wildman–Crippen MR) is 74.4 cm³/mol. The lowest BCUT2D eigenvalue weighted by Gasteiger charge is -2.09. The Kier molecular flexibility index (Phi) is 3.56. The number of nitrogens with two attached hydrogens (primary N) is 3. The van der Waals surface area contributed by atoms with E-state index in [0.717, 1.165) is 0 Å². The van der Waals surface area contributed by atoms with E-state index < -0.39 is 11.8 Å². The van der Waals surface area contributed by atoms with E-state index in [9.17, 15) is 9.59 Å². The summed E-state index contributed by atoms with van der Waals surface area (Å²) in [6, 6.07) is 10.8. The van der Waals surface area contributed by atoms with Crippen LogP contribution in [0.2, 0.25) is 0 Å². The van der Waals surface area contributed by atoms with E-state index in [0.29, 0.717) is 28.3 Å². The van der Waals surface area contributed by atoms with E-state index >= 15 is 0 Å². The Labute approximate surface area is 115 Å². The summed E-state index contributed by atoms with van der Waals surface area (Å²) >= 11 is 0. The van der Waals surface area contributed by atoms with E-state index in [-0.39, 0.29) is 0 Å². The number of amides is 2. The summed E-state index contributed by atoms with van der Waals surface area (Å²) in [5.74, 6) is -0.189. The monoisotopic (exact) mass is 271 g/mol. The molecule has 0 saturated carbocycles. The second-order valence-electron chi connectivity index (χ2n) is 4.11. The normalized spacial score (nSPS) is 10.0. The van der Waals surface area contributed by atoms with Crippen LogP contribution in [0.25, 0.3) is 0 Å². The highest BCUT2D eigenvalue weighted by Crippen LogP contribution is 2.28. The van der Waals surface area contributed by atoms with Crippen LogP contribution < -0.4 is 21.9 Å². The van der Waals surface area contributed by atoms with E-state index in [1.54, 1.807) is 30.3 Å². The zero-order valence-electron chi connectivity index (χ0n) is 10.5. The second-order valence-corrected chi connectivity index (χ2v) is 4.11. The first-order valence-electron chi connectivity index (χ1n) is 5.74. The molecule has 0 fully saturated rings. The maximum absolute atomic E-state index is 11.0. The minimum absolute atomic E-state index is 0.292. The molecule has 0 heterocycles. The average molecular weight is 271 g/mol. The van der Waals surface area contributed by atoms with Gasteiger partial charge in [-0.3, -0.25) is 9.59 Å². The number of benzene rings is 2. The Morgan fingerprint density at radius 3 is 1.90 bits per heavy atom. The van der Waals surface area contributed by atoms with Crippen LogP contribution in [0.5, 0.6) is 11.5 Å². The number of hydrogen-bond donors (Lipinski definition) is 3. The molecule has 0 bridgehead atoms. The molecule has 0 aliphatic carbocycles. The number of primary amides is 2. The van der Waals surface area contributed by atoms with Gasteiger partial charge in [0.1, 0.15) is 11.5 Å². The van der Waals surface area contributed by atoms with Crippen molar-refractivity contribution in [2.24, 2.45) is 11.5 Å². The highest BCUT2D eigenvalue weighted by atomic mass is 16.5. The van der Waals surface area contributed by atoms with Crippen LogP contribution in [0.4, 0.5) is 5.69 Å². The lowest BCUT2D eigenvalue weighted by atomic mass is 10.2. The molecule has 0 spiro atoms. The van der Waals surface area contributed by atoms with Gasteiger partial charge >= 0.3 is 0 Å². The van der Waals surface area contributed by atoms with Crippen molar-refractivity contribution < 1.29 is 14.3 Å². The maximum atomic E-state index is 11.0. The number of carbonyl (C=O) groups excluding carboxylic acids is 2. The third-order valence-corrected chi connectivity index (χ3v) is 2.66. The summed E-state index contributed by atoms with van der Waals surface area (Å²) in [6.07, 6.45) is 0. The molecule has 0 aliphatic heterocycles. The summed E-state index contributed by atoms with van der Waals surface area (Å²) in [4.78, 5) is 21.9. The summed E-state index contributed by atoms with van der Waals surface area (Å²) in [6.45, 7) is 0. The van der Waals surface area contributed by atoms with E-state index in [4.69, 9.17) is 21.9 Å². The van der Waals surface area contributed by atoms with E-state index in [1.807, 2.05) is 0 Å². The van der Waals surface area contributed by atoms with E-state index in [2.05, 4.69) is 0 Å². The van der Waals surface area contributed by atoms with Gasteiger partial charge in [0, 0.05) is 11.1 Å². The van der Waals surface area contributed by atoms with Gasteiger partial charge in [0.2, 0.25) is 11.8 Å². The third kappa shape index (κ3) is 2.86. The first-order chi connectivity index (χ1) is 9.47. The summed E-state index contributed by atoms with van der Waals surface area (Å²) < 4.78 is 5.55. The number of carbonyl (C=O) groups is 2. The topological polar surface area (TPSA) is 121 Å². The Morgan fingerprint density at radius 2 is 1.40 bits per heavy atom. The van der Waals surface area contributed by atoms with Crippen molar-refractivity contribution in [3.63, 3.8) is 0 Å². The van der Waals surface area contributed by atoms with Crippen LogP contribution in [0.3, 0.4) is 0 Å². The minimum atomic E-state index is -0.561. The van der Waals surface area contributed by atoms with E-state index in [1.165, 1.54) is 12.1 Å². The molecule has 2 rings (SSSR count). The zero-order valence-corrected chi connectivity index (χ0v) is 10.5. The highest BCUT2D eigenvalue weighted by Gasteiger charge is 2.07. The van der Waals surface area contributed by atoms with Crippen LogP contribution in [0, 0.1) is 0 Å². The summed E-state index contributed by atoms with van der Waals surface area (Å²) in [5, 5.41) is 0. The standard InChI is InChI=1S/C14H13N3O3/c15-11-7-9(14(17)19)3-6-12(11)20-10-4-1-8(2-5-10)13(16)18/h1-7H,15H2,(H2,16,18)(H2,17,19). The lowest BCUT2D eigenvalue weighted by Crippen LogP contribution is -2.11. The first-order valence-corrected chi connectivity index (χ1v) is 5.74. The molecular formula is C14H13N3O3. The second kappa shape index (κ2) is 5.31. The smallest absolute Gasteiger partial charge is 0.248 e. The van der Waals surface area contributed by atoms with Crippen molar-refractivity contribution in [2.75, 3.05) is 5.73 Å². The van der Waals surface area contributed by atoms with Gasteiger partial charge < -0.3 is 21.9 Å². The number of hydrogen-bond acceptors (Lipinski definition) is 4. The Morgan fingerprint density at radius 1 is 0.850 bits per heavy atom. The van der Waals surface area contributed by atoms with Crippen LogP contribution in [0.1, 0.15) is 20.7 Å². The Hall–Kier alpha value is -3.02. The molecule has 0 aliphatic rings. The number of nitrogen functional groups attached to an aromatic ring is 1. The highest BCUT2D eigenvalue weighted by molar-refractivity contribution is 5.94. The molecular weight excluding hydrogens is 258 g/mol. The first kappa shape index (κ1) is 13.4. The molecule has 6 nitrogen and oxygen atoms in total. The number of anilines is 1. The maximum Gasteiger partial charge on any atom is 0.248 e. The largest absolute Gasteiger partial charge is 0.455 e. The van der Waals surface area contributed by atoms with Crippen LogP contribution in [-0.2, 0) is 0 Å². The van der Waals surface area contributed by atoms with Gasteiger partial charge in [-0.05, 0) is 42.5 Å². The van der Waals surface area contributed by atoms with Gasteiger partial charge in [0.25, 0.3) is 0 Å². The Bertz CT molecular complexity index is 666. The van der Waals surface area contributed by atoms with Gasteiger partial charge in [-0.2, -0.15) is 0 Å². The fourth-order valence-corrected chi connectivity index (χ4v) is 1.61. The van der Waals surface area contributed by atoms with Crippen molar-refractivity contribution in [1.29, 1.82) is 0 Å². The van der Waals surface area contributed by atoms with Gasteiger partial charge in [-0.15, -0.1) is 0 Å². The molecule has 6 heteroatoms. The predicted octanol–water partition coefficient (Wildman–Crippen LogP) is 1.26. The Balaban J connectivity index is 2.21. The van der Waals surface area contributed by atoms with Gasteiger partial charge in [0.15, 0.2) is 0 Å². The molecule has 0 atom stereocenters. The molecule has 20 heavy (non-hydrogen) atoms. The molecule has 2 aromatic carbocycles. The average Bonchev–Trinajstić information content (AvgIpc) is 2.41. The quantitative estimate of drug-likeness (QED) is 0.724. The molecule has 0 aromatic heterocycles. The molecule has 0 radical (unpaired) electrons. The zero-order chi connectivity index (χ0) is 14.7. The summed E-state index contributed by atoms with van der Waals surface area (Å²) in [5.41, 5.74) is 17.1. The van der Waals surface area contributed by atoms with Crippen molar-refractivity contribution in [3.05, 3.63) is 53.6 Å². The fraction of sp³-hybridized carbons (Fsp3) is 0. The van der Waals surface area contributed by atoms with Crippen LogP contribution in [0.15, 0.2) is 42.5 Å². The minimum Gasteiger partial charge on any atom is -0.455 e. The molecule has 102 valence electrons. The van der Waals surface area contributed by atoms with Crippen molar-refractivity contribution in [1.82, 2.24) is 0 Å². The molecule has 0 saturated heterocycles. The molecule has 0 unspecified atom stereocenters. The SMILES string of the molecule is NC(=O)c1ccc(Oc2ccc(C(N)=O)cc2N)cc1. The third-order valence-electron chi connectivity index (χ3n) is 2.66. The van der Waals surface area contributed by atoms with Crippen molar-refractivity contribution in [2.45, 2.75) is 0 Å². The summed E-state index contributed by atoms with van der Waals surface area (Å²) in [7, 11) is 0. The number of ether oxygens (including phenoxy) is 1.